The van der Waals surface area contributed by atoms with Crippen LogP contribution in [0.2, 0.25) is 0 Å². The fourth-order valence-corrected chi connectivity index (χ4v) is 2.14. The summed E-state index contributed by atoms with van der Waals surface area (Å²) in [5, 5.41) is 14.3. The molecule has 3 aromatic rings. The molecule has 0 spiro atoms. The molecule has 7 heteroatoms. The molecule has 5 nitrogen and oxygen atoms in total. The molecule has 0 atom stereocenters. The quantitative estimate of drug-likeness (QED) is 0.787. The van der Waals surface area contributed by atoms with Gasteiger partial charge in [-0.05, 0) is 62.3 Å². The first-order valence-corrected chi connectivity index (χ1v) is 7.03. The van der Waals surface area contributed by atoms with Crippen molar-refractivity contribution in [2.75, 3.05) is 5.32 Å². The fourth-order valence-electron chi connectivity index (χ4n) is 1.89. The smallest absolute Gasteiger partial charge is 0.143 e. The highest BCUT2D eigenvalue weighted by molar-refractivity contribution is 9.10. The number of anilines is 1. The van der Waals surface area contributed by atoms with Gasteiger partial charge in [0, 0.05) is 12.2 Å². The summed E-state index contributed by atoms with van der Waals surface area (Å²) in [6, 6.07) is 12.7. The monoisotopic (exact) mass is 347 g/mol. The van der Waals surface area contributed by atoms with E-state index in [-0.39, 0.29) is 5.82 Å². The number of aromatic nitrogens is 4. The Morgan fingerprint density at radius 3 is 2.86 bits per heavy atom. The van der Waals surface area contributed by atoms with E-state index in [1.165, 1.54) is 12.4 Å². The number of nitrogens with one attached hydrogen (secondary N) is 1. The second-order valence-electron chi connectivity index (χ2n) is 4.41. The maximum atomic E-state index is 13.5. The van der Waals surface area contributed by atoms with Crippen molar-refractivity contribution in [3.63, 3.8) is 0 Å². The van der Waals surface area contributed by atoms with Gasteiger partial charge >= 0.3 is 0 Å². The Balaban J connectivity index is 1.73. The second-order valence-corrected chi connectivity index (χ2v) is 5.26. The van der Waals surface area contributed by atoms with E-state index < -0.39 is 0 Å². The third-order valence-corrected chi connectivity index (χ3v) is 3.58. The predicted octanol–water partition coefficient (Wildman–Crippen LogP) is 3.18. The lowest BCUT2D eigenvalue weighted by Gasteiger charge is -2.08. The Kier molecular flexibility index (Phi) is 3.92. The summed E-state index contributed by atoms with van der Waals surface area (Å²) in [7, 11) is 0. The summed E-state index contributed by atoms with van der Waals surface area (Å²) in [5.41, 5.74) is 2.63. The molecule has 0 bridgehead atoms. The minimum absolute atomic E-state index is 0.267. The first kappa shape index (κ1) is 13.7. The van der Waals surface area contributed by atoms with Crippen molar-refractivity contribution < 1.29 is 4.39 Å². The molecule has 0 saturated heterocycles. The molecule has 0 unspecified atom stereocenters. The van der Waals surface area contributed by atoms with Crippen molar-refractivity contribution >= 4 is 21.6 Å². The van der Waals surface area contributed by atoms with Gasteiger partial charge in [0.1, 0.15) is 12.1 Å². The first-order chi connectivity index (χ1) is 10.2. The summed E-state index contributed by atoms with van der Waals surface area (Å²) in [6.07, 6.45) is 1.53. The lowest BCUT2D eigenvalue weighted by molar-refractivity contribution is 0.619. The highest BCUT2D eigenvalue weighted by Crippen LogP contribution is 2.18. The minimum atomic E-state index is -0.267. The van der Waals surface area contributed by atoms with Crippen LogP contribution in [-0.4, -0.2) is 20.2 Å². The number of hydrogen-bond acceptors (Lipinski definition) is 4. The number of tetrazole rings is 1. The Hall–Kier alpha value is -2.28. The van der Waals surface area contributed by atoms with Crippen molar-refractivity contribution in [2.24, 2.45) is 0 Å². The van der Waals surface area contributed by atoms with Crippen molar-refractivity contribution in [3.8, 4) is 5.69 Å². The first-order valence-electron chi connectivity index (χ1n) is 6.23. The SMILES string of the molecule is Fc1cc(CNc2cccc(-n3cnnn3)c2)ccc1Br. The highest BCUT2D eigenvalue weighted by atomic mass is 79.9. The van der Waals surface area contributed by atoms with Gasteiger partial charge in [0.05, 0.1) is 10.2 Å². The molecule has 106 valence electrons. The van der Waals surface area contributed by atoms with E-state index >= 15 is 0 Å². The van der Waals surface area contributed by atoms with Crippen molar-refractivity contribution in [3.05, 3.63) is 64.6 Å². The molecule has 1 heterocycles. The molecule has 3 rings (SSSR count). The normalized spacial score (nSPS) is 10.6. The van der Waals surface area contributed by atoms with Crippen LogP contribution in [0.25, 0.3) is 5.69 Å². The van der Waals surface area contributed by atoms with Crippen LogP contribution in [0.1, 0.15) is 5.56 Å². The van der Waals surface area contributed by atoms with Gasteiger partial charge in [-0.2, -0.15) is 0 Å². The average Bonchev–Trinajstić information content (AvgIpc) is 3.03. The molecule has 0 aliphatic heterocycles. The topological polar surface area (TPSA) is 55.6 Å². The Morgan fingerprint density at radius 1 is 1.19 bits per heavy atom. The van der Waals surface area contributed by atoms with Crippen molar-refractivity contribution in [2.45, 2.75) is 6.54 Å². The standard InChI is InChI=1S/C14H11BrFN5/c15-13-5-4-10(6-14(13)16)8-17-11-2-1-3-12(7-11)21-9-18-19-20-21/h1-7,9,17H,8H2. The van der Waals surface area contributed by atoms with E-state index in [1.54, 1.807) is 10.7 Å². The maximum Gasteiger partial charge on any atom is 0.143 e. The largest absolute Gasteiger partial charge is 0.381 e. The van der Waals surface area contributed by atoms with Crippen LogP contribution >= 0.6 is 15.9 Å². The Labute approximate surface area is 128 Å². The molecule has 1 aromatic heterocycles. The molecule has 0 aliphatic rings. The molecule has 21 heavy (non-hydrogen) atoms. The van der Waals surface area contributed by atoms with Gasteiger partial charge in [0.25, 0.3) is 0 Å². The van der Waals surface area contributed by atoms with Crippen LogP contribution in [0.15, 0.2) is 53.3 Å². The summed E-state index contributed by atoms with van der Waals surface area (Å²) in [4.78, 5) is 0. The Bertz CT molecular complexity index is 745. The van der Waals surface area contributed by atoms with E-state index in [0.717, 1.165) is 16.9 Å². The van der Waals surface area contributed by atoms with E-state index in [9.17, 15) is 4.39 Å². The molecular formula is C14H11BrFN5. The van der Waals surface area contributed by atoms with Crippen LogP contribution in [0, 0.1) is 5.82 Å². The number of hydrogen-bond donors (Lipinski definition) is 1. The third kappa shape index (κ3) is 3.25. The lowest BCUT2D eigenvalue weighted by atomic mass is 10.2. The zero-order valence-corrected chi connectivity index (χ0v) is 12.5. The average molecular weight is 348 g/mol. The third-order valence-electron chi connectivity index (χ3n) is 2.94. The summed E-state index contributed by atoms with van der Waals surface area (Å²) in [6.45, 7) is 0.531. The molecule has 0 fully saturated rings. The summed E-state index contributed by atoms with van der Waals surface area (Å²) < 4.78 is 15.5. The van der Waals surface area contributed by atoms with E-state index in [0.29, 0.717) is 11.0 Å². The van der Waals surface area contributed by atoms with Gasteiger partial charge in [-0.1, -0.05) is 12.1 Å². The van der Waals surface area contributed by atoms with Crippen LogP contribution < -0.4 is 5.32 Å². The van der Waals surface area contributed by atoms with E-state index in [4.69, 9.17) is 0 Å². The summed E-state index contributed by atoms with van der Waals surface area (Å²) >= 11 is 3.14. The fraction of sp³-hybridized carbons (Fsp3) is 0.0714. The van der Waals surface area contributed by atoms with Gasteiger partial charge in [0.2, 0.25) is 0 Å². The van der Waals surface area contributed by atoms with Crippen molar-refractivity contribution in [1.29, 1.82) is 0 Å². The lowest BCUT2D eigenvalue weighted by Crippen LogP contribution is -2.01. The molecule has 0 amide bonds. The van der Waals surface area contributed by atoms with Gasteiger partial charge < -0.3 is 5.32 Å². The molecule has 1 N–H and O–H groups in total. The van der Waals surface area contributed by atoms with Gasteiger partial charge in [-0.25, -0.2) is 9.07 Å². The van der Waals surface area contributed by atoms with Gasteiger partial charge in [-0.15, -0.1) is 5.10 Å². The summed E-state index contributed by atoms with van der Waals surface area (Å²) in [5.74, 6) is -0.267. The molecule has 0 radical (unpaired) electrons. The van der Waals surface area contributed by atoms with E-state index in [1.807, 2.05) is 30.3 Å². The van der Waals surface area contributed by atoms with Crippen LogP contribution in [-0.2, 0) is 6.54 Å². The van der Waals surface area contributed by atoms with Crippen molar-refractivity contribution in [1.82, 2.24) is 20.2 Å². The zero-order valence-electron chi connectivity index (χ0n) is 10.9. The number of nitrogens with zero attached hydrogens (tertiary/aromatic N) is 4. The van der Waals surface area contributed by atoms with Crippen LogP contribution in [0.5, 0.6) is 0 Å². The van der Waals surface area contributed by atoms with Crippen LogP contribution in [0.4, 0.5) is 10.1 Å². The van der Waals surface area contributed by atoms with Gasteiger partial charge in [-0.3, -0.25) is 0 Å². The molecule has 0 saturated carbocycles. The number of rotatable bonds is 4. The molecule has 0 aliphatic carbocycles. The molecular weight excluding hydrogens is 337 g/mol. The predicted molar refractivity (Wildman–Crippen MR) is 80.6 cm³/mol. The number of halogens is 2. The number of benzene rings is 2. The highest BCUT2D eigenvalue weighted by Gasteiger charge is 2.02. The second kappa shape index (κ2) is 6.01. The van der Waals surface area contributed by atoms with Gasteiger partial charge in [0.15, 0.2) is 0 Å². The minimum Gasteiger partial charge on any atom is -0.381 e. The Morgan fingerprint density at radius 2 is 2.10 bits per heavy atom. The van der Waals surface area contributed by atoms with E-state index in [2.05, 4.69) is 36.8 Å². The molecule has 2 aromatic carbocycles. The maximum absolute atomic E-state index is 13.5. The zero-order chi connectivity index (χ0) is 14.7. The van der Waals surface area contributed by atoms with Crippen LogP contribution in [0.3, 0.4) is 0 Å².